The number of benzene rings is 1. The highest BCUT2D eigenvalue weighted by molar-refractivity contribution is 9.10. The lowest BCUT2D eigenvalue weighted by Crippen LogP contribution is -2.35. The van der Waals surface area contributed by atoms with Crippen LogP contribution in [0.15, 0.2) is 22.7 Å². The lowest BCUT2D eigenvalue weighted by molar-refractivity contribution is -0.127. The van der Waals surface area contributed by atoms with Crippen molar-refractivity contribution in [3.05, 3.63) is 28.2 Å². The smallest absolute Gasteiger partial charge is 0.241 e. The molecule has 1 fully saturated rings. The topological polar surface area (TPSA) is 35.6 Å². The number of amides is 1. The number of halogens is 1. The molecule has 1 heterocycles. The molecule has 1 aliphatic heterocycles. The van der Waals surface area contributed by atoms with Gasteiger partial charge in [0.15, 0.2) is 0 Å². The summed E-state index contributed by atoms with van der Waals surface area (Å²) in [6, 6.07) is 6.29. The maximum absolute atomic E-state index is 12.0. The van der Waals surface area contributed by atoms with Crippen molar-refractivity contribution in [1.82, 2.24) is 10.2 Å². The zero-order valence-corrected chi connectivity index (χ0v) is 13.7. The summed E-state index contributed by atoms with van der Waals surface area (Å²) in [7, 11) is 1.88. The van der Waals surface area contributed by atoms with E-state index in [1.54, 1.807) is 0 Å². The third-order valence-corrected chi connectivity index (χ3v) is 4.11. The van der Waals surface area contributed by atoms with Crippen molar-refractivity contribution in [1.29, 1.82) is 0 Å². The van der Waals surface area contributed by atoms with Crippen molar-refractivity contribution < 1.29 is 4.79 Å². The van der Waals surface area contributed by atoms with E-state index in [2.05, 4.69) is 45.2 Å². The van der Waals surface area contributed by atoms with Gasteiger partial charge in [0.05, 0.1) is 6.54 Å². The van der Waals surface area contributed by atoms with E-state index in [9.17, 15) is 4.79 Å². The van der Waals surface area contributed by atoms with Gasteiger partial charge in [-0.15, -0.1) is 0 Å². The quantitative estimate of drug-likeness (QED) is 0.913. The largest absolute Gasteiger partial charge is 0.362 e. The van der Waals surface area contributed by atoms with Crippen LogP contribution in [0.2, 0.25) is 0 Å². The fourth-order valence-electron chi connectivity index (χ4n) is 2.46. The van der Waals surface area contributed by atoms with Gasteiger partial charge in [-0.25, -0.2) is 0 Å². The predicted octanol–water partition coefficient (Wildman–Crippen LogP) is 2.23. The van der Waals surface area contributed by atoms with E-state index < -0.39 is 0 Å². The lowest BCUT2D eigenvalue weighted by atomic mass is 10.1. The zero-order valence-electron chi connectivity index (χ0n) is 12.2. The number of hydrogen-bond donors (Lipinski definition) is 1. The highest BCUT2D eigenvalue weighted by Gasteiger charge is 2.20. The first-order valence-electron chi connectivity index (χ1n) is 7.10. The monoisotopic (exact) mass is 339 g/mol. The molecule has 4 nitrogen and oxygen atoms in total. The van der Waals surface area contributed by atoms with Crippen LogP contribution in [-0.2, 0) is 11.3 Å². The van der Waals surface area contributed by atoms with Crippen molar-refractivity contribution in [3.63, 3.8) is 0 Å². The number of carbonyl (C=O) groups excluding carboxylic acids is 1. The van der Waals surface area contributed by atoms with Gasteiger partial charge >= 0.3 is 0 Å². The van der Waals surface area contributed by atoms with Crippen molar-refractivity contribution in [3.8, 4) is 0 Å². The second-order valence-corrected chi connectivity index (χ2v) is 6.06. The molecule has 1 N–H and O–H groups in total. The Morgan fingerprint density at radius 3 is 2.90 bits per heavy atom. The fraction of sp³-hybridized carbons (Fsp3) is 0.533. The van der Waals surface area contributed by atoms with Crippen LogP contribution in [0.5, 0.6) is 0 Å². The van der Waals surface area contributed by atoms with Crippen LogP contribution < -0.4 is 10.2 Å². The van der Waals surface area contributed by atoms with Gasteiger partial charge in [-0.3, -0.25) is 4.79 Å². The summed E-state index contributed by atoms with van der Waals surface area (Å²) in [5.41, 5.74) is 2.40. The number of likely N-dealkylation sites (N-methyl/N-ethyl adjacent to an activating group) is 1. The Kier molecular flexibility index (Phi) is 5.43. The second-order valence-electron chi connectivity index (χ2n) is 5.14. The summed E-state index contributed by atoms with van der Waals surface area (Å²) in [5, 5.41) is 3.36. The molecule has 5 heteroatoms. The number of nitrogens with one attached hydrogen (secondary N) is 1. The maximum atomic E-state index is 12.0. The first-order valence-corrected chi connectivity index (χ1v) is 7.89. The van der Waals surface area contributed by atoms with Crippen LogP contribution in [0, 0.1) is 0 Å². The Bertz CT molecular complexity index is 478. The highest BCUT2D eigenvalue weighted by atomic mass is 79.9. The molecule has 1 aliphatic rings. The molecule has 0 unspecified atom stereocenters. The molecule has 110 valence electrons. The zero-order chi connectivity index (χ0) is 14.5. The summed E-state index contributed by atoms with van der Waals surface area (Å²) in [6.07, 6.45) is 1.01. The van der Waals surface area contributed by atoms with Crippen molar-refractivity contribution in [2.75, 3.05) is 38.1 Å². The summed E-state index contributed by atoms with van der Waals surface area (Å²) < 4.78 is 1.08. The van der Waals surface area contributed by atoms with E-state index in [4.69, 9.17) is 0 Å². The van der Waals surface area contributed by atoms with Crippen molar-refractivity contribution in [2.45, 2.75) is 19.9 Å². The van der Waals surface area contributed by atoms with Gasteiger partial charge in [-0.1, -0.05) is 22.9 Å². The summed E-state index contributed by atoms with van der Waals surface area (Å²) >= 11 is 3.53. The average Bonchev–Trinajstić information content (AvgIpc) is 2.59. The van der Waals surface area contributed by atoms with Gasteiger partial charge in [0.2, 0.25) is 5.91 Å². The molecule has 0 atom stereocenters. The van der Waals surface area contributed by atoms with Crippen LogP contribution >= 0.6 is 15.9 Å². The summed E-state index contributed by atoms with van der Waals surface area (Å²) in [6.45, 7) is 6.10. The molecule has 0 bridgehead atoms. The van der Waals surface area contributed by atoms with E-state index >= 15 is 0 Å². The number of hydrogen-bond acceptors (Lipinski definition) is 3. The maximum Gasteiger partial charge on any atom is 0.241 e. The minimum absolute atomic E-state index is 0.194. The van der Waals surface area contributed by atoms with E-state index in [0.29, 0.717) is 6.54 Å². The first kappa shape index (κ1) is 15.3. The Hall–Kier alpha value is -1.07. The van der Waals surface area contributed by atoms with E-state index in [-0.39, 0.29) is 5.91 Å². The lowest BCUT2D eigenvalue weighted by Gasteiger charge is -2.25. The Morgan fingerprint density at radius 2 is 2.15 bits per heavy atom. The van der Waals surface area contributed by atoms with Crippen LogP contribution in [0.25, 0.3) is 0 Å². The van der Waals surface area contributed by atoms with Crippen molar-refractivity contribution in [2.24, 2.45) is 0 Å². The first-order chi connectivity index (χ1) is 9.61. The molecule has 0 radical (unpaired) electrons. The van der Waals surface area contributed by atoms with E-state index in [0.717, 1.165) is 42.8 Å². The molecule has 1 amide bonds. The number of anilines is 1. The molecule has 0 aromatic heterocycles. The molecule has 2 rings (SSSR count). The third kappa shape index (κ3) is 3.73. The van der Waals surface area contributed by atoms with Gasteiger partial charge in [0, 0.05) is 36.8 Å². The molecule has 0 saturated carbocycles. The van der Waals surface area contributed by atoms with Crippen LogP contribution in [0.1, 0.15) is 18.9 Å². The molecule has 1 aromatic carbocycles. The van der Waals surface area contributed by atoms with Gasteiger partial charge in [-0.2, -0.15) is 0 Å². The normalized spacial score (nSPS) is 16.4. The summed E-state index contributed by atoms with van der Waals surface area (Å²) in [5.74, 6) is 0.194. The van der Waals surface area contributed by atoms with Gasteiger partial charge < -0.3 is 15.1 Å². The number of nitrogens with zero attached hydrogens (tertiary/aromatic N) is 2. The average molecular weight is 340 g/mol. The Labute approximate surface area is 129 Å². The van der Waals surface area contributed by atoms with Crippen LogP contribution in [0.4, 0.5) is 5.69 Å². The molecule has 1 saturated heterocycles. The van der Waals surface area contributed by atoms with Gasteiger partial charge in [0.25, 0.3) is 0 Å². The minimum atomic E-state index is 0.194. The summed E-state index contributed by atoms with van der Waals surface area (Å²) in [4.78, 5) is 16.1. The van der Waals surface area contributed by atoms with E-state index in [1.807, 2.05) is 18.0 Å². The SMILES string of the molecule is CCNCc1cc(Br)ccc1N1CCCN(C)C(=O)C1. The molecular weight excluding hydrogens is 318 g/mol. The fourth-order valence-corrected chi connectivity index (χ4v) is 2.86. The molecular formula is C15H22BrN3O. The minimum Gasteiger partial charge on any atom is -0.362 e. The van der Waals surface area contributed by atoms with Crippen molar-refractivity contribution >= 4 is 27.5 Å². The van der Waals surface area contributed by atoms with Gasteiger partial charge in [-0.05, 0) is 36.7 Å². The standard InChI is InChI=1S/C15H22BrN3O/c1-3-17-10-12-9-13(16)5-6-14(12)19-8-4-7-18(2)15(20)11-19/h5-6,9,17H,3-4,7-8,10-11H2,1-2H3. The molecule has 20 heavy (non-hydrogen) atoms. The number of rotatable bonds is 4. The third-order valence-electron chi connectivity index (χ3n) is 3.62. The van der Waals surface area contributed by atoms with Crippen LogP contribution in [-0.4, -0.2) is 44.0 Å². The predicted molar refractivity (Wildman–Crippen MR) is 86.0 cm³/mol. The molecule has 0 aliphatic carbocycles. The second kappa shape index (κ2) is 7.09. The highest BCUT2D eigenvalue weighted by Crippen LogP contribution is 2.25. The number of carbonyl (C=O) groups is 1. The van der Waals surface area contributed by atoms with Gasteiger partial charge in [0.1, 0.15) is 0 Å². The van der Waals surface area contributed by atoms with Crippen LogP contribution in [0.3, 0.4) is 0 Å². The van der Waals surface area contributed by atoms with E-state index in [1.165, 1.54) is 5.56 Å². The molecule has 0 spiro atoms. The molecule has 1 aromatic rings. The Morgan fingerprint density at radius 1 is 1.35 bits per heavy atom. The Balaban J connectivity index is 2.23.